The van der Waals surface area contributed by atoms with Crippen molar-refractivity contribution < 1.29 is 14.3 Å². The van der Waals surface area contributed by atoms with Gasteiger partial charge in [-0.2, -0.15) is 0 Å². The number of carbonyl (C=O) groups excluding carboxylic acids is 2. The van der Waals surface area contributed by atoms with Gasteiger partial charge in [-0.05, 0) is 71.1 Å². The van der Waals surface area contributed by atoms with E-state index in [2.05, 4.69) is 33.2 Å². The molecular formula is C21H17IN2O3. The Morgan fingerprint density at radius 2 is 1.37 bits per heavy atom. The quantitative estimate of drug-likeness (QED) is 0.517. The number of halogens is 1. The minimum atomic E-state index is -0.310. The van der Waals surface area contributed by atoms with Gasteiger partial charge in [-0.25, -0.2) is 0 Å². The summed E-state index contributed by atoms with van der Waals surface area (Å²) in [5.74, 6) is 0.0682. The van der Waals surface area contributed by atoms with E-state index >= 15 is 0 Å². The summed E-state index contributed by atoms with van der Waals surface area (Å²) in [4.78, 5) is 24.6. The second-order valence-electron chi connectivity index (χ2n) is 5.66. The number of hydrogen-bond donors (Lipinski definition) is 2. The van der Waals surface area contributed by atoms with E-state index in [9.17, 15) is 9.59 Å². The molecule has 3 aromatic carbocycles. The Kier molecular flexibility index (Phi) is 6.43. The zero-order valence-electron chi connectivity index (χ0n) is 14.3. The highest BCUT2D eigenvalue weighted by molar-refractivity contribution is 14.1. The maximum atomic E-state index is 12.3. The largest absolute Gasteiger partial charge is 0.484 e. The molecular weight excluding hydrogens is 455 g/mol. The number of ether oxygens (including phenoxy) is 1. The van der Waals surface area contributed by atoms with E-state index in [1.807, 2.05) is 30.3 Å². The monoisotopic (exact) mass is 472 g/mol. The van der Waals surface area contributed by atoms with Crippen molar-refractivity contribution in [1.29, 1.82) is 0 Å². The topological polar surface area (TPSA) is 67.4 Å². The van der Waals surface area contributed by atoms with Crippen LogP contribution >= 0.6 is 22.6 Å². The van der Waals surface area contributed by atoms with Crippen molar-refractivity contribution in [3.63, 3.8) is 0 Å². The van der Waals surface area contributed by atoms with Gasteiger partial charge in [0.2, 0.25) is 0 Å². The van der Waals surface area contributed by atoms with E-state index in [4.69, 9.17) is 4.74 Å². The van der Waals surface area contributed by atoms with Crippen molar-refractivity contribution in [2.75, 3.05) is 17.2 Å². The first kappa shape index (κ1) is 18.9. The number of anilines is 2. The molecule has 0 bridgehead atoms. The molecule has 5 nitrogen and oxygen atoms in total. The fourth-order valence-corrected chi connectivity index (χ4v) is 2.71. The zero-order valence-corrected chi connectivity index (χ0v) is 16.5. The van der Waals surface area contributed by atoms with Gasteiger partial charge in [0.25, 0.3) is 11.8 Å². The lowest BCUT2D eigenvalue weighted by molar-refractivity contribution is -0.118. The third kappa shape index (κ3) is 5.55. The first-order valence-corrected chi connectivity index (χ1v) is 9.33. The van der Waals surface area contributed by atoms with Gasteiger partial charge in [0.05, 0.1) is 11.4 Å². The molecule has 136 valence electrons. The van der Waals surface area contributed by atoms with Crippen LogP contribution in [0.5, 0.6) is 5.75 Å². The Labute approximate surface area is 170 Å². The first-order valence-electron chi connectivity index (χ1n) is 8.25. The SMILES string of the molecule is O=C(COc1ccc(I)cc1)Nc1ccccc1NC(=O)c1ccccc1. The Morgan fingerprint density at radius 3 is 2.04 bits per heavy atom. The van der Waals surface area contributed by atoms with Gasteiger partial charge in [0.15, 0.2) is 6.61 Å². The predicted molar refractivity (Wildman–Crippen MR) is 114 cm³/mol. The summed E-state index contributed by atoms with van der Waals surface area (Å²) in [6.07, 6.45) is 0. The first-order chi connectivity index (χ1) is 13.1. The Morgan fingerprint density at radius 1 is 0.778 bits per heavy atom. The smallest absolute Gasteiger partial charge is 0.262 e. The molecule has 6 heteroatoms. The van der Waals surface area contributed by atoms with E-state index < -0.39 is 0 Å². The van der Waals surface area contributed by atoms with Gasteiger partial charge >= 0.3 is 0 Å². The van der Waals surface area contributed by atoms with E-state index in [1.54, 1.807) is 48.5 Å². The molecule has 0 spiro atoms. The highest BCUT2D eigenvalue weighted by Crippen LogP contribution is 2.22. The molecule has 0 heterocycles. The van der Waals surface area contributed by atoms with Gasteiger partial charge in [-0.15, -0.1) is 0 Å². The van der Waals surface area contributed by atoms with Crippen molar-refractivity contribution in [2.24, 2.45) is 0 Å². The summed E-state index contributed by atoms with van der Waals surface area (Å²) in [5.41, 5.74) is 1.58. The van der Waals surface area contributed by atoms with Gasteiger partial charge in [0.1, 0.15) is 5.75 Å². The van der Waals surface area contributed by atoms with Crippen LogP contribution in [0.15, 0.2) is 78.9 Å². The molecule has 0 aliphatic rings. The summed E-state index contributed by atoms with van der Waals surface area (Å²) in [6, 6.07) is 23.4. The van der Waals surface area contributed by atoms with Gasteiger partial charge in [-0.3, -0.25) is 9.59 Å². The molecule has 0 aromatic heterocycles. The fourth-order valence-electron chi connectivity index (χ4n) is 2.35. The van der Waals surface area contributed by atoms with Crippen LogP contribution in [-0.4, -0.2) is 18.4 Å². The summed E-state index contributed by atoms with van der Waals surface area (Å²) >= 11 is 2.20. The maximum Gasteiger partial charge on any atom is 0.262 e. The molecule has 2 N–H and O–H groups in total. The molecule has 3 aromatic rings. The molecule has 0 atom stereocenters. The van der Waals surface area contributed by atoms with Crippen molar-refractivity contribution >= 4 is 45.8 Å². The van der Waals surface area contributed by atoms with Crippen LogP contribution in [-0.2, 0) is 4.79 Å². The van der Waals surface area contributed by atoms with Crippen LogP contribution in [0.3, 0.4) is 0 Å². The predicted octanol–water partition coefficient (Wildman–Crippen LogP) is 4.56. The third-order valence-electron chi connectivity index (χ3n) is 3.67. The standard InChI is InChI=1S/C21H17IN2O3/c22-16-10-12-17(13-11-16)27-14-20(25)23-18-8-4-5-9-19(18)24-21(26)15-6-2-1-3-7-15/h1-13H,14H2,(H,23,25)(H,24,26). The van der Waals surface area contributed by atoms with Crippen molar-refractivity contribution in [1.82, 2.24) is 0 Å². The summed E-state index contributed by atoms with van der Waals surface area (Å²) in [7, 11) is 0. The molecule has 0 aliphatic heterocycles. The van der Waals surface area contributed by atoms with Gasteiger partial charge < -0.3 is 15.4 Å². The molecule has 0 saturated carbocycles. The van der Waals surface area contributed by atoms with Crippen LogP contribution < -0.4 is 15.4 Å². The van der Waals surface area contributed by atoms with Crippen LogP contribution in [0.2, 0.25) is 0 Å². The Hall–Kier alpha value is -2.87. The lowest BCUT2D eigenvalue weighted by Crippen LogP contribution is -2.21. The van der Waals surface area contributed by atoms with E-state index in [1.165, 1.54) is 0 Å². The highest BCUT2D eigenvalue weighted by atomic mass is 127. The van der Waals surface area contributed by atoms with E-state index in [0.717, 1.165) is 3.57 Å². The van der Waals surface area contributed by atoms with E-state index in [0.29, 0.717) is 22.7 Å². The molecule has 0 aliphatic carbocycles. The normalized spacial score (nSPS) is 10.1. The van der Waals surface area contributed by atoms with Crippen molar-refractivity contribution in [3.8, 4) is 5.75 Å². The number of benzene rings is 3. The zero-order chi connectivity index (χ0) is 19.1. The van der Waals surface area contributed by atoms with E-state index in [-0.39, 0.29) is 18.4 Å². The number of hydrogen-bond acceptors (Lipinski definition) is 3. The summed E-state index contributed by atoms with van der Waals surface area (Å²) < 4.78 is 6.57. The highest BCUT2D eigenvalue weighted by Gasteiger charge is 2.11. The molecule has 2 amide bonds. The molecule has 3 rings (SSSR count). The maximum absolute atomic E-state index is 12.3. The minimum Gasteiger partial charge on any atom is -0.484 e. The van der Waals surface area contributed by atoms with Gasteiger partial charge in [0, 0.05) is 9.13 Å². The molecule has 0 saturated heterocycles. The van der Waals surface area contributed by atoms with Crippen LogP contribution in [0, 0.1) is 3.57 Å². The lowest BCUT2D eigenvalue weighted by atomic mass is 10.2. The number of nitrogens with one attached hydrogen (secondary N) is 2. The summed E-state index contributed by atoms with van der Waals surface area (Å²) in [6.45, 7) is -0.123. The van der Waals surface area contributed by atoms with Gasteiger partial charge in [-0.1, -0.05) is 30.3 Å². The third-order valence-corrected chi connectivity index (χ3v) is 4.39. The lowest BCUT2D eigenvalue weighted by Gasteiger charge is -2.13. The summed E-state index contributed by atoms with van der Waals surface area (Å²) in [5, 5.41) is 5.59. The number of amides is 2. The molecule has 27 heavy (non-hydrogen) atoms. The molecule has 0 fully saturated rings. The second-order valence-corrected chi connectivity index (χ2v) is 6.90. The Bertz CT molecular complexity index is 928. The number of rotatable bonds is 6. The number of para-hydroxylation sites is 2. The fraction of sp³-hybridized carbons (Fsp3) is 0.0476. The van der Waals surface area contributed by atoms with Crippen molar-refractivity contribution in [2.45, 2.75) is 0 Å². The molecule has 0 radical (unpaired) electrons. The average Bonchev–Trinajstić information content (AvgIpc) is 2.70. The minimum absolute atomic E-state index is 0.123. The second kappa shape index (κ2) is 9.18. The van der Waals surface area contributed by atoms with Crippen LogP contribution in [0.4, 0.5) is 11.4 Å². The van der Waals surface area contributed by atoms with Crippen LogP contribution in [0.25, 0.3) is 0 Å². The van der Waals surface area contributed by atoms with Crippen molar-refractivity contribution in [3.05, 3.63) is 88.0 Å². The number of carbonyl (C=O) groups is 2. The average molecular weight is 472 g/mol. The van der Waals surface area contributed by atoms with Crippen LogP contribution in [0.1, 0.15) is 10.4 Å². The molecule has 0 unspecified atom stereocenters. The Balaban J connectivity index is 1.62.